The molecule has 4 heteroatoms. The fourth-order valence-electron chi connectivity index (χ4n) is 2.02. The lowest BCUT2D eigenvalue weighted by atomic mass is 10.1. The first-order valence-corrected chi connectivity index (χ1v) is 5.66. The topological polar surface area (TPSA) is 43.3 Å². The number of hydrogen-bond donors (Lipinski definition) is 1. The molecular weight excluding hydrogens is 229 g/mol. The quantitative estimate of drug-likeness (QED) is 0.711. The lowest BCUT2D eigenvalue weighted by molar-refractivity contribution is 0.619. The third-order valence-corrected chi connectivity index (χ3v) is 3.00. The first-order chi connectivity index (χ1) is 8.66. The minimum absolute atomic E-state index is 0.221. The summed E-state index contributed by atoms with van der Waals surface area (Å²) in [5.74, 6) is 0.345. The maximum atomic E-state index is 13.3. The van der Waals surface area contributed by atoms with Crippen LogP contribution < -0.4 is 5.73 Å². The fourth-order valence-corrected chi connectivity index (χ4v) is 2.02. The molecule has 0 aliphatic heterocycles. The number of benzene rings is 1. The van der Waals surface area contributed by atoms with E-state index in [1.807, 2.05) is 28.8 Å². The highest BCUT2D eigenvalue weighted by molar-refractivity contribution is 5.75. The molecule has 18 heavy (non-hydrogen) atoms. The van der Waals surface area contributed by atoms with Gasteiger partial charge in [0.25, 0.3) is 0 Å². The largest absolute Gasteiger partial charge is 0.383 e. The summed E-state index contributed by atoms with van der Waals surface area (Å²) in [6.45, 7) is 1.73. The maximum absolute atomic E-state index is 13.3. The summed E-state index contributed by atoms with van der Waals surface area (Å²) in [5, 5.41) is 0. The van der Waals surface area contributed by atoms with Gasteiger partial charge in [-0.05, 0) is 42.8 Å². The zero-order valence-electron chi connectivity index (χ0n) is 9.89. The van der Waals surface area contributed by atoms with Gasteiger partial charge in [0.1, 0.15) is 23.0 Å². The van der Waals surface area contributed by atoms with E-state index in [-0.39, 0.29) is 5.82 Å². The molecule has 2 N–H and O–H groups in total. The molecule has 0 spiro atoms. The molecule has 0 aliphatic rings. The predicted molar refractivity (Wildman–Crippen MR) is 69.7 cm³/mol. The molecular formula is C14H12FN3. The Labute approximate surface area is 104 Å². The minimum Gasteiger partial charge on any atom is -0.383 e. The first-order valence-electron chi connectivity index (χ1n) is 5.66. The Kier molecular flexibility index (Phi) is 2.30. The Bertz CT molecular complexity index is 731. The second kappa shape index (κ2) is 3.84. The second-order valence-electron chi connectivity index (χ2n) is 4.24. The number of halogens is 1. The molecule has 0 atom stereocenters. The number of pyridine rings is 1. The van der Waals surface area contributed by atoms with Gasteiger partial charge in [-0.3, -0.25) is 4.40 Å². The van der Waals surface area contributed by atoms with E-state index in [0.29, 0.717) is 17.1 Å². The third-order valence-electron chi connectivity index (χ3n) is 3.00. The summed E-state index contributed by atoms with van der Waals surface area (Å²) in [6.07, 6.45) is 1.86. The number of hydrogen-bond acceptors (Lipinski definition) is 2. The number of aryl methyl sites for hydroxylation is 1. The maximum Gasteiger partial charge on any atom is 0.139 e. The van der Waals surface area contributed by atoms with Gasteiger partial charge >= 0.3 is 0 Å². The van der Waals surface area contributed by atoms with Gasteiger partial charge in [-0.25, -0.2) is 9.37 Å². The number of nitrogens with two attached hydrogens (primary N) is 1. The summed E-state index contributed by atoms with van der Waals surface area (Å²) in [7, 11) is 0. The predicted octanol–water partition coefficient (Wildman–Crippen LogP) is 3.03. The van der Waals surface area contributed by atoms with Gasteiger partial charge in [0.2, 0.25) is 0 Å². The summed E-state index contributed by atoms with van der Waals surface area (Å²) < 4.78 is 15.1. The highest BCUT2D eigenvalue weighted by Gasteiger charge is 2.11. The number of imidazole rings is 1. The molecule has 3 aromatic rings. The van der Waals surface area contributed by atoms with Crippen molar-refractivity contribution in [2.45, 2.75) is 6.92 Å². The van der Waals surface area contributed by atoms with Crippen molar-refractivity contribution in [2.75, 3.05) is 5.73 Å². The van der Waals surface area contributed by atoms with Crippen molar-refractivity contribution in [3.8, 4) is 11.3 Å². The minimum atomic E-state index is -0.221. The monoisotopic (exact) mass is 241 g/mol. The van der Waals surface area contributed by atoms with E-state index in [9.17, 15) is 4.39 Å². The van der Waals surface area contributed by atoms with Gasteiger partial charge in [0.15, 0.2) is 0 Å². The van der Waals surface area contributed by atoms with Gasteiger partial charge in [-0.2, -0.15) is 0 Å². The highest BCUT2D eigenvalue weighted by Crippen LogP contribution is 2.27. The van der Waals surface area contributed by atoms with E-state index in [1.165, 1.54) is 6.07 Å². The zero-order valence-corrected chi connectivity index (χ0v) is 9.89. The lowest BCUT2D eigenvalue weighted by Crippen LogP contribution is -1.94. The molecule has 0 aliphatic carbocycles. The first kappa shape index (κ1) is 10.8. The zero-order chi connectivity index (χ0) is 12.7. The molecule has 0 saturated carbocycles. The fraction of sp³-hybridized carbons (Fsp3) is 0.0714. The van der Waals surface area contributed by atoms with Crippen LogP contribution in [0.2, 0.25) is 0 Å². The van der Waals surface area contributed by atoms with E-state index in [4.69, 9.17) is 5.73 Å². The summed E-state index contributed by atoms with van der Waals surface area (Å²) in [4.78, 5) is 4.47. The average molecular weight is 241 g/mol. The smallest absolute Gasteiger partial charge is 0.139 e. The number of rotatable bonds is 1. The Hall–Kier alpha value is -2.36. The van der Waals surface area contributed by atoms with Crippen molar-refractivity contribution in [1.29, 1.82) is 0 Å². The molecule has 0 saturated heterocycles. The molecule has 0 unspecified atom stereocenters. The van der Waals surface area contributed by atoms with Crippen molar-refractivity contribution in [3.05, 3.63) is 54.0 Å². The van der Waals surface area contributed by atoms with Crippen molar-refractivity contribution >= 4 is 11.5 Å². The number of nitrogens with zero attached hydrogens (tertiary/aromatic N) is 2. The number of anilines is 1. The van der Waals surface area contributed by atoms with E-state index in [1.54, 1.807) is 19.1 Å². The Morgan fingerprint density at radius 3 is 2.78 bits per heavy atom. The van der Waals surface area contributed by atoms with Crippen LogP contribution >= 0.6 is 0 Å². The Morgan fingerprint density at radius 1 is 1.22 bits per heavy atom. The normalized spacial score (nSPS) is 11.0. The van der Waals surface area contributed by atoms with Crippen molar-refractivity contribution in [2.24, 2.45) is 0 Å². The van der Waals surface area contributed by atoms with E-state index >= 15 is 0 Å². The van der Waals surface area contributed by atoms with Gasteiger partial charge in [0.05, 0.1) is 0 Å². The van der Waals surface area contributed by atoms with Gasteiger partial charge in [-0.1, -0.05) is 6.07 Å². The molecule has 90 valence electrons. The Balaban J connectivity index is 2.25. The van der Waals surface area contributed by atoms with E-state index < -0.39 is 0 Å². The van der Waals surface area contributed by atoms with E-state index in [0.717, 1.165) is 11.2 Å². The highest BCUT2D eigenvalue weighted by atomic mass is 19.1. The van der Waals surface area contributed by atoms with Crippen LogP contribution in [0.3, 0.4) is 0 Å². The van der Waals surface area contributed by atoms with Crippen molar-refractivity contribution < 1.29 is 4.39 Å². The Morgan fingerprint density at radius 2 is 2.06 bits per heavy atom. The van der Waals surface area contributed by atoms with Crippen LogP contribution in [0.5, 0.6) is 0 Å². The van der Waals surface area contributed by atoms with Gasteiger partial charge in [-0.15, -0.1) is 0 Å². The molecule has 0 bridgehead atoms. The van der Waals surface area contributed by atoms with Crippen LogP contribution in [-0.2, 0) is 0 Å². The number of aromatic nitrogens is 2. The standard InChI is InChI=1S/C14H12FN3/c1-9-8-10(5-6-11(9)15)13-14(16)18-7-3-2-4-12(18)17-13/h2-8H,16H2,1H3. The summed E-state index contributed by atoms with van der Waals surface area (Å²) in [5.41, 5.74) is 8.95. The SMILES string of the molecule is Cc1cc(-c2nc3ccccn3c2N)ccc1F. The van der Waals surface area contributed by atoms with Crippen LogP contribution in [0.15, 0.2) is 42.6 Å². The summed E-state index contributed by atoms with van der Waals surface area (Å²) >= 11 is 0. The van der Waals surface area contributed by atoms with Crippen LogP contribution in [0.25, 0.3) is 16.9 Å². The van der Waals surface area contributed by atoms with Crippen molar-refractivity contribution in [3.63, 3.8) is 0 Å². The van der Waals surface area contributed by atoms with Crippen LogP contribution in [0.1, 0.15) is 5.56 Å². The number of nitrogen functional groups attached to an aromatic ring is 1. The lowest BCUT2D eigenvalue weighted by Gasteiger charge is -2.01. The van der Waals surface area contributed by atoms with Crippen LogP contribution in [0, 0.1) is 12.7 Å². The molecule has 0 radical (unpaired) electrons. The molecule has 1 aromatic carbocycles. The van der Waals surface area contributed by atoms with Crippen LogP contribution in [-0.4, -0.2) is 9.38 Å². The molecule has 2 aromatic heterocycles. The molecule has 3 rings (SSSR count). The molecule has 2 heterocycles. The van der Waals surface area contributed by atoms with E-state index in [2.05, 4.69) is 4.98 Å². The third kappa shape index (κ3) is 1.54. The average Bonchev–Trinajstić information content (AvgIpc) is 2.71. The number of fused-ring (bicyclic) bond motifs is 1. The summed E-state index contributed by atoms with van der Waals surface area (Å²) in [6, 6.07) is 10.6. The second-order valence-corrected chi connectivity index (χ2v) is 4.24. The van der Waals surface area contributed by atoms with Gasteiger partial charge in [0, 0.05) is 11.8 Å². The molecule has 0 amide bonds. The van der Waals surface area contributed by atoms with Crippen molar-refractivity contribution in [1.82, 2.24) is 9.38 Å². The van der Waals surface area contributed by atoms with Gasteiger partial charge < -0.3 is 5.73 Å². The molecule has 0 fully saturated rings. The molecule has 3 nitrogen and oxygen atoms in total. The van der Waals surface area contributed by atoms with Crippen LogP contribution in [0.4, 0.5) is 10.2 Å².